The Morgan fingerprint density at radius 3 is 3.00 bits per heavy atom. The lowest BCUT2D eigenvalue weighted by Gasteiger charge is -2.09. The van der Waals surface area contributed by atoms with E-state index in [4.69, 9.17) is 9.52 Å². The number of furan rings is 1. The highest BCUT2D eigenvalue weighted by Gasteiger charge is 2.16. The summed E-state index contributed by atoms with van der Waals surface area (Å²) in [5, 5.41) is 9.92. The van der Waals surface area contributed by atoms with Gasteiger partial charge >= 0.3 is 5.97 Å². The van der Waals surface area contributed by atoms with Gasteiger partial charge in [0.2, 0.25) is 0 Å². The molecule has 1 atom stereocenters. The Morgan fingerprint density at radius 1 is 1.50 bits per heavy atom. The number of nitrogens with one attached hydrogen (secondary N) is 1. The minimum absolute atomic E-state index is 0.458. The van der Waals surface area contributed by atoms with Crippen LogP contribution in [-0.2, 0) is 11.2 Å². The second-order valence-corrected chi connectivity index (χ2v) is 4.12. The third kappa shape index (κ3) is 2.35. The van der Waals surface area contributed by atoms with Crippen LogP contribution in [0.4, 0.5) is 0 Å². The predicted molar refractivity (Wildman–Crippen MR) is 68.5 cm³/mol. The van der Waals surface area contributed by atoms with Crippen molar-refractivity contribution in [3.63, 3.8) is 0 Å². The van der Waals surface area contributed by atoms with Crippen LogP contribution in [0.1, 0.15) is 5.56 Å². The summed E-state index contributed by atoms with van der Waals surface area (Å²) in [6.07, 6.45) is 2.08. The number of fused-ring (bicyclic) bond motifs is 1. The van der Waals surface area contributed by atoms with Gasteiger partial charge in [-0.25, -0.2) is 3.53 Å². The summed E-state index contributed by atoms with van der Waals surface area (Å²) in [5.74, 6) is -0.846. The first-order chi connectivity index (χ1) is 7.70. The zero-order chi connectivity index (χ0) is 11.5. The second-order valence-electron chi connectivity index (χ2n) is 3.50. The molecule has 0 aliphatic rings. The number of rotatable bonds is 4. The van der Waals surface area contributed by atoms with E-state index in [1.807, 2.05) is 47.1 Å². The summed E-state index contributed by atoms with van der Waals surface area (Å²) < 4.78 is 7.96. The van der Waals surface area contributed by atoms with Crippen molar-refractivity contribution < 1.29 is 14.3 Å². The molecule has 0 saturated carbocycles. The molecule has 2 rings (SSSR count). The molecule has 0 spiro atoms. The Balaban J connectivity index is 2.23. The summed E-state index contributed by atoms with van der Waals surface area (Å²) in [5.41, 5.74) is 1.79. The van der Waals surface area contributed by atoms with Gasteiger partial charge in [0.15, 0.2) is 0 Å². The van der Waals surface area contributed by atoms with Crippen molar-refractivity contribution in [1.82, 2.24) is 3.53 Å². The fourth-order valence-corrected chi connectivity index (χ4v) is 2.04. The highest BCUT2D eigenvalue weighted by molar-refractivity contribution is 14.1. The average molecular weight is 331 g/mol. The summed E-state index contributed by atoms with van der Waals surface area (Å²) in [4.78, 5) is 10.9. The zero-order valence-electron chi connectivity index (χ0n) is 8.31. The molecule has 1 heterocycles. The van der Waals surface area contributed by atoms with Gasteiger partial charge in [0, 0.05) is 28.3 Å². The first-order valence-electron chi connectivity index (χ1n) is 4.76. The van der Waals surface area contributed by atoms with E-state index in [-0.39, 0.29) is 0 Å². The number of aliphatic carboxylic acids is 1. The molecule has 2 N–H and O–H groups in total. The quantitative estimate of drug-likeness (QED) is 0.667. The van der Waals surface area contributed by atoms with Crippen molar-refractivity contribution >= 4 is 39.8 Å². The minimum atomic E-state index is -0.846. The van der Waals surface area contributed by atoms with Crippen LogP contribution < -0.4 is 3.53 Å². The van der Waals surface area contributed by atoms with Crippen molar-refractivity contribution in [3.8, 4) is 0 Å². The maximum absolute atomic E-state index is 10.9. The van der Waals surface area contributed by atoms with Crippen LogP contribution in [0.5, 0.6) is 0 Å². The number of hydrogen-bond acceptors (Lipinski definition) is 3. The van der Waals surface area contributed by atoms with Gasteiger partial charge in [0.05, 0.1) is 6.26 Å². The average Bonchev–Trinajstić information content (AvgIpc) is 2.72. The molecule has 0 amide bonds. The smallest absolute Gasteiger partial charge is 0.321 e. The highest BCUT2D eigenvalue weighted by atomic mass is 127. The summed E-state index contributed by atoms with van der Waals surface area (Å²) in [6, 6.07) is 6.99. The zero-order valence-corrected chi connectivity index (χ0v) is 10.5. The van der Waals surface area contributed by atoms with Crippen molar-refractivity contribution in [2.45, 2.75) is 12.5 Å². The molecular weight excluding hydrogens is 321 g/mol. The third-order valence-electron chi connectivity index (χ3n) is 2.39. The standard InChI is InChI=1S/C11H10INO3/c12-13-9(11(14)15)6-7-1-2-10-8(5-7)3-4-16-10/h1-5,9,13H,6H2,(H,14,15)/t9-/m1/s1. The molecule has 0 radical (unpaired) electrons. The van der Waals surface area contributed by atoms with Crippen LogP contribution in [0.15, 0.2) is 34.9 Å². The Labute approximate surface area is 106 Å². The van der Waals surface area contributed by atoms with Gasteiger partial charge in [-0.05, 0) is 30.2 Å². The largest absolute Gasteiger partial charge is 0.480 e. The Bertz CT molecular complexity index is 509. The number of halogens is 1. The topological polar surface area (TPSA) is 62.5 Å². The van der Waals surface area contributed by atoms with E-state index < -0.39 is 12.0 Å². The molecule has 0 bridgehead atoms. The van der Waals surface area contributed by atoms with Crippen LogP contribution in [0, 0.1) is 0 Å². The minimum Gasteiger partial charge on any atom is -0.480 e. The van der Waals surface area contributed by atoms with E-state index in [2.05, 4.69) is 3.53 Å². The van der Waals surface area contributed by atoms with Crippen LogP contribution in [0.2, 0.25) is 0 Å². The van der Waals surface area contributed by atoms with E-state index in [1.54, 1.807) is 6.26 Å². The van der Waals surface area contributed by atoms with Crippen molar-refractivity contribution in [2.24, 2.45) is 0 Å². The van der Waals surface area contributed by atoms with Crippen molar-refractivity contribution in [2.75, 3.05) is 0 Å². The lowest BCUT2D eigenvalue weighted by atomic mass is 10.1. The molecule has 0 aliphatic heterocycles. The third-order valence-corrected chi connectivity index (χ3v) is 3.14. The molecule has 5 heteroatoms. The molecule has 4 nitrogen and oxygen atoms in total. The normalized spacial score (nSPS) is 12.8. The lowest BCUT2D eigenvalue weighted by molar-refractivity contribution is -0.138. The van der Waals surface area contributed by atoms with Crippen molar-refractivity contribution in [3.05, 3.63) is 36.1 Å². The monoisotopic (exact) mass is 331 g/mol. The molecule has 0 fully saturated rings. The van der Waals surface area contributed by atoms with Gasteiger partial charge in [-0.3, -0.25) is 4.79 Å². The Kier molecular flexibility index (Phi) is 3.45. The second kappa shape index (κ2) is 4.84. The summed E-state index contributed by atoms with van der Waals surface area (Å²) in [7, 11) is 0. The highest BCUT2D eigenvalue weighted by Crippen LogP contribution is 2.18. The molecule has 0 aliphatic carbocycles. The van der Waals surface area contributed by atoms with Gasteiger partial charge in [0.25, 0.3) is 0 Å². The van der Waals surface area contributed by atoms with Crippen LogP contribution >= 0.6 is 22.9 Å². The van der Waals surface area contributed by atoms with Crippen LogP contribution in [0.25, 0.3) is 11.0 Å². The molecule has 84 valence electrons. The van der Waals surface area contributed by atoms with E-state index in [1.165, 1.54) is 0 Å². The fraction of sp³-hybridized carbons (Fsp3) is 0.182. The number of carbonyl (C=O) groups is 1. The molecule has 1 aromatic heterocycles. The molecule has 0 saturated heterocycles. The number of carboxylic acid groups (broad SMARTS) is 1. The van der Waals surface area contributed by atoms with Gasteiger partial charge in [-0.2, -0.15) is 0 Å². The van der Waals surface area contributed by atoms with E-state index >= 15 is 0 Å². The lowest BCUT2D eigenvalue weighted by Crippen LogP contribution is -2.32. The number of benzene rings is 1. The Hall–Kier alpha value is -1.08. The van der Waals surface area contributed by atoms with Crippen LogP contribution in [-0.4, -0.2) is 17.1 Å². The van der Waals surface area contributed by atoms with Crippen molar-refractivity contribution in [1.29, 1.82) is 0 Å². The molecule has 1 aromatic carbocycles. The fourth-order valence-electron chi connectivity index (χ4n) is 1.55. The number of hydrogen-bond donors (Lipinski definition) is 2. The SMILES string of the molecule is O=C(O)[C@@H](Cc1ccc2occc2c1)NI. The molecule has 2 aromatic rings. The first kappa shape index (κ1) is 11.4. The maximum atomic E-state index is 10.9. The summed E-state index contributed by atoms with van der Waals surface area (Å²) >= 11 is 1.86. The van der Waals surface area contributed by atoms with E-state index in [0.29, 0.717) is 6.42 Å². The van der Waals surface area contributed by atoms with Crippen LogP contribution in [0.3, 0.4) is 0 Å². The number of carboxylic acids is 1. The van der Waals surface area contributed by atoms with Gasteiger partial charge in [-0.1, -0.05) is 6.07 Å². The van der Waals surface area contributed by atoms with Gasteiger partial charge < -0.3 is 9.52 Å². The van der Waals surface area contributed by atoms with E-state index in [9.17, 15) is 4.79 Å². The molecule has 0 unspecified atom stereocenters. The van der Waals surface area contributed by atoms with E-state index in [0.717, 1.165) is 16.5 Å². The van der Waals surface area contributed by atoms with Gasteiger partial charge in [-0.15, -0.1) is 0 Å². The molecule has 16 heavy (non-hydrogen) atoms. The Morgan fingerprint density at radius 2 is 2.31 bits per heavy atom. The maximum Gasteiger partial charge on any atom is 0.321 e. The van der Waals surface area contributed by atoms with Gasteiger partial charge in [0.1, 0.15) is 11.6 Å². The molecular formula is C11H10INO3. The summed E-state index contributed by atoms with van der Waals surface area (Å²) in [6.45, 7) is 0. The predicted octanol–water partition coefficient (Wildman–Crippen LogP) is 2.37. The first-order valence-corrected chi connectivity index (χ1v) is 5.83.